The van der Waals surface area contributed by atoms with Crippen LogP contribution >= 0.6 is 0 Å². The van der Waals surface area contributed by atoms with Crippen molar-refractivity contribution in [1.29, 1.82) is 0 Å². The highest BCUT2D eigenvalue weighted by atomic mass is 16.6. The number of phenols is 1. The lowest BCUT2D eigenvalue weighted by Gasteiger charge is -2.29. The lowest BCUT2D eigenvalue weighted by Crippen LogP contribution is -2.51. The summed E-state index contributed by atoms with van der Waals surface area (Å²) in [7, 11) is 0. The zero-order chi connectivity index (χ0) is 28.4. The second-order valence-corrected chi connectivity index (χ2v) is 8.54. The number of amides is 2. The summed E-state index contributed by atoms with van der Waals surface area (Å²) < 4.78 is 10.7. The summed E-state index contributed by atoms with van der Waals surface area (Å²) in [4.78, 5) is 60.4. The zero-order valence-corrected chi connectivity index (χ0v) is 21.0. The van der Waals surface area contributed by atoms with Crippen molar-refractivity contribution in [3.63, 3.8) is 0 Å². The Bertz CT molecular complexity index is 1150. The molecule has 204 valence electrons. The molecule has 2 aromatic rings. The van der Waals surface area contributed by atoms with Crippen LogP contribution in [0.3, 0.4) is 0 Å². The van der Waals surface area contributed by atoms with E-state index in [0.717, 1.165) is 0 Å². The summed E-state index contributed by atoms with van der Waals surface area (Å²) >= 11 is 0. The van der Waals surface area contributed by atoms with Gasteiger partial charge in [0, 0.05) is 0 Å². The van der Waals surface area contributed by atoms with E-state index in [9.17, 15) is 39.3 Å². The van der Waals surface area contributed by atoms with Gasteiger partial charge in [-0.15, -0.1) is 0 Å². The van der Waals surface area contributed by atoms with Crippen molar-refractivity contribution in [1.82, 2.24) is 5.32 Å². The Balaban J connectivity index is 2.17. The molecular formula is C26H30N2O10. The van der Waals surface area contributed by atoms with Crippen LogP contribution in [0.25, 0.3) is 0 Å². The number of phenolic OH excluding ortho intramolecular Hbond substituents is 1. The molecule has 0 radical (unpaired) electrons. The van der Waals surface area contributed by atoms with Crippen LogP contribution in [0.4, 0.5) is 5.69 Å². The number of carboxylic acid groups (broad SMARTS) is 1. The van der Waals surface area contributed by atoms with Gasteiger partial charge in [0.1, 0.15) is 6.10 Å². The van der Waals surface area contributed by atoms with Gasteiger partial charge in [-0.1, -0.05) is 36.4 Å². The number of anilines is 1. The molecule has 0 bridgehead atoms. The Morgan fingerprint density at radius 3 is 2.21 bits per heavy atom. The molecule has 0 aliphatic heterocycles. The van der Waals surface area contributed by atoms with Crippen LogP contribution in [-0.2, 0) is 35.1 Å². The van der Waals surface area contributed by atoms with E-state index >= 15 is 0 Å². The van der Waals surface area contributed by atoms with Crippen LogP contribution in [-0.4, -0.2) is 69.9 Å². The Morgan fingerprint density at radius 2 is 1.63 bits per heavy atom. The Hall–Kier alpha value is -4.45. The second kappa shape index (κ2) is 13.7. The van der Waals surface area contributed by atoms with E-state index in [0.29, 0.717) is 12.0 Å². The number of aliphatic carboxylic acids is 1. The Morgan fingerprint density at radius 1 is 0.974 bits per heavy atom. The summed E-state index contributed by atoms with van der Waals surface area (Å²) in [6, 6.07) is 10.9. The third-order valence-corrected chi connectivity index (χ3v) is 5.62. The molecule has 5 atom stereocenters. The number of aliphatic hydroxyl groups is 1. The minimum Gasteiger partial charge on any atom is -0.505 e. The average molecular weight is 531 g/mol. The van der Waals surface area contributed by atoms with Crippen molar-refractivity contribution < 1.29 is 48.8 Å². The van der Waals surface area contributed by atoms with Gasteiger partial charge >= 0.3 is 17.9 Å². The van der Waals surface area contributed by atoms with E-state index < -0.39 is 59.8 Å². The minimum atomic E-state index is -1.63. The standard InChI is InChI=1S/C26H30N2O10/c1-14(25(34)35)23(38-20(31)12-17-8-5-4-6-9-17)16(3)37-26(36)21(15(2)30)28-24(33)18-10-7-11-19(22(18)32)27-13-29/h4-11,13-16,21,23,30,32H,12H2,1-3H3,(H,27,29)(H,28,33)(H,34,35)/t14-,15-,16-,21+,23-/m1/s1. The maximum atomic E-state index is 12.9. The molecular weight excluding hydrogens is 500 g/mol. The van der Waals surface area contributed by atoms with Crippen LogP contribution in [0.2, 0.25) is 0 Å². The van der Waals surface area contributed by atoms with Crippen molar-refractivity contribution in [2.45, 2.75) is 51.5 Å². The van der Waals surface area contributed by atoms with Gasteiger partial charge in [-0.2, -0.15) is 0 Å². The molecule has 0 saturated carbocycles. The van der Waals surface area contributed by atoms with Gasteiger partial charge < -0.3 is 35.4 Å². The number of carboxylic acids is 1. The molecule has 2 aromatic carbocycles. The van der Waals surface area contributed by atoms with Crippen molar-refractivity contribution >= 4 is 35.9 Å². The van der Waals surface area contributed by atoms with Crippen LogP contribution in [0.1, 0.15) is 36.7 Å². The molecule has 0 aliphatic carbocycles. The van der Waals surface area contributed by atoms with Gasteiger partial charge in [0.2, 0.25) is 6.41 Å². The van der Waals surface area contributed by atoms with Crippen LogP contribution < -0.4 is 10.6 Å². The summed E-state index contributed by atoms with van der Waals surface area (Å²) in [5.41, 5.74) is 0.284. The van der Waals surface area contributed by atoms with Gasteiger partial charge in [-0.05, 0) is 38.5 Å². The van der Waals surface area contributed by atoms with Crippen molar-refractivity contribution in [2.75, 3.05) is 5.32 Å². The molecule has 0 spiro atoms. The highest BCUT2D eigenvalue weighted by Crippen LogP contribution is 2.27. The molecule has 38 heavy (non-hydrogen) atoms. The molecule has 0 heterocycles. The fraction of sp³-hybridized carbons (Fsp3) is 0.346. The smallest absolute Gasteiger partial charge is 0.331 e. The summed E-state index contributed by atoms with van der Waals surface area (Å²) in [6.07, 6.45) is -3.96. The zero-order valence-electron chi connectivity index (χ0n) is 21.0. The first-order valence-electron chi connectivity index (χ1n) is 11.6. The van der Waals surface area contributed by atoms with Gasteiger partial charge in [0.25, 0.3) is 5.91 Å². The molecule has 2 rings (SSSR count). The Kier molecular flexibility index (Phi) is 10.8. The van der Waals surface area contributed by atoms with E-state index in [-0.39, 0.29) is 17.7 Å². The first-order chi connectivity index (χ1) is 18.0. The van der Waals surface area contributed by atoms with Crippen molar-refractivity contribution in [2.24, 2.45) is 5.92 Å². The monoisotopic (exact) mass is 530 g/mol. The van der Waals surface area contributed by atoms with Crippen LogP contribution in [0.5, 0.6) is 5.75 Å². The minimum absolute atomic E-state index is 0.0553. The summed E-state index contributed by atoms with van der Waals surface area (Å²) in [6.45, 7) is 3.81. The number of hydrogen-bond donors (Lipinski definition) is 5. The number of benzene rings is 2. The molecule has 2 amide bonds. The lowest BCUT2D eigenvalue weighted by molar-refractivity contribution is -0.177. The fourth-order valence-corrected chi connectivity index (χ4v) is 3.53. The molecule has 12 nitrogen and oxygen atoms in total. The van der Waals surface area contributed by atoms with E-state index in [2.05, 4.69) is 10.6 Å². The average Bonchev–Trinajstić information content (AvgIpc) is 2.86. The number of rotatable bonds is 13. The van der Waals surface area contributed by atoms with E-state index in [1.165, 1.54) is 39.0 Å². The molecule has 0 aliphatic rings. The predicted octanol–water partition coefficient (Wildman–Crippen LogP) is 1.25. The molecule has 12 heteroatoms. The third kappa shape index (κ3) is 8.03. The number of carbonyl (C=O) groups is 5. The van der Waals surface area contributed by atoms with Gasteiger partial charge in [0.15, 0.2) is 17.9 Å². The number of nitrogens with one attached hydrogen (secondary N) is 2. The topological polar surface area (TPSA) is 189 Å². The normalized spacial score (nSPS) is 14.6. The first-order valence-corrected chi connectivity index (χ1v) is 11.6. The first kappa shape index (κ1) is 29.8. The number of esters is 2. The van der Waals surface area contributed by atoms with E-state index in [1.807, 2.05) is 0 Å². The number of aliphatic hydroxyl groups excluding tert-OH is 1. The quantitative estimate of drug-likeness (QED) is 0.143. The summed E-state index contributed by atoms with van der Waals surface area (Å²) in [5, 5.41) is 34.3. The number of ether oxygens (including phenoxy) is 2. The van der Waals surface area contributed by atoms with Gasteiger partial charge in [0.05, 0.1) is 29.7 Å². The van der Waals surface area contributed by atoms with E-state index in [1.54, 1.807) is 30.3 Å². The highest BCUT2D eigenvalue weighted by molar-refractivity contribution is 6.01. The van der Waals surface area contributed by atoms with E-state index in [4.69, 9.17) is 9.47 Å². The van der Waals surface area contributed by atoms with Crippen LogP contribution in [0.15, 0.2) is 48.5 Å². The van der Waals surface area contributed by atoms with Crippen molar-refractivity contribution in [3.8, 4) is 5.75 Å². The molecule has 0 fully saturated rings. The second-order valence-electron chi connectivity index (χ2n) is 8.54. The van der Waals surface area contributed by atoms with Crippen molar-refractivity contribution in [3.05, 3.63) is 59.7 Å². The van der Waals surface area contributed by atoms with Crippen LogP contribution in [0, 0.1) is 5.92 Å². The maximum Gasteiger partial charge on any atom is 0.331 e. The Labute approximate surface area is 218 Å². The van der Waals surface area contributed by atoms with Gasteiger partial charge in [-0.25, -0.2) is 4.79 Å². The molecule has 5 N–H and O–H groups in total. The largest absolute Gasteiger partial charge is 0.505 e. The maximum absolute atomic E-state index is 12.9. The molecule has 0 saturated heterocycles. The SMILES string of the molecule is C[C@@H](O)[C@H](NC(=O)c1cccc(NC=O)c1O)C(=O)O[C@H](C)[C@H](OC(=O)Cc1ccccc1)[C@@H](C)C(=O)O. The predicted molar refractivity (Wildman–Crippen MR) is 133 cm³/mol. The number of hydrogen-bond acceptors (Lipinski definition) is 9. The third-order valence-electron chi connectivity index (χ3n) is 5.62. The van der Waals surface area contributed by atoms with Gasteiger partial charge in [-0.3, -0.25) is 19.2 Å². The fourth-order valence-electron chi connectivity index (χ4n) is 3.53. The molecule has 0 aromatic heterocycles. The number of carbonyl (C=O) groups excluding carboxylic acids is 4. The lowest BCUT2D eigenvalue weighted by atomic mass is 10.00. The number of para-hydroxylation sites is 1. The number of aromatic hydroxyl groups is 1. The highest BCUT2D eigenvalue weighted by Gasteiger charge is 2.37. The summed E-state index contributed by atoms with van der Waals surface area (Å²) in [5.74, 6) is -5.96. The molecule has 0 unspecified atom stereocenters.